The molecule has 1 aromatic heterocycles. The summed E-state index contributed by atoms with van der Waals surface area (Å²) in [5.74, 6) is 2.08. The van der Waals surface area contributed by atoms with Gasteiger partial charge in [0.2, 0.25) is 5.88 Å². The van der Waals surface area contributed by atoms with Crippen LogP contribution in [0.1, 0.15) is 64.2 Å². The Labute approximate surface area is 150 Å². The number of aromatic nitrogens is 2. The molecule has 2 aliphatic carbocycles. The van der Waals surface area contributed by atoms with E-state index in [-0.39, 0.29) is 0 Å². The van der Waals surface area contributed by atoms with E-state index in [9.17, 15) is 0 Å². The van der Waals surface area contributed by atoms with Gasteiger partial charge in [0.05, 0.1) is 12.0 Å². The van der Waals surface area contributed by atoms with Crippen LogP contribution in [0.4, 0.5) is 0 Å². The van der Waals surface area contributed by atoms with Gasteiger partial charge in [-0.15, -0.1) is 0 Å². The third-order valence-electron chi connectivity index (χ3n) is 5.86. The molecule has 2 saturated carbocycles. The molecular weight excluding hydrogens is 312 g/mol. The molecule has 0 amide bonds. The summed E-state index contributed by atoms with van der Waals surface area (Å²) < 4.78 is 6.12. The van der Waals surface area contributed by atoms with Gasteiger partial charge in [-0.3, -0.25) is 0 Å². The summed E-state index contributed by atoms with van der Waals surface area (Å²) >= 11 is 0. The molecule has 0 N–H and O–H groups in total. The second-order valence-electron chi connectivity index (χ2n) is 7.81. The fourth-order valence-electron chi connectivity index (χ4n) is 4.30. The number of para-hydroxylation sites is 1. The molecule has 1 heterocycles. The zero-order chi connectivity index (χ0) is 16.9. The average molecular weight is 342 g/mol. The molecule has 0 atom stereocenters. The Balaban J connectivity index is 1.43. The average Bonchev–Trinajstić information content (AvgIpc) is 3.04. The van der Waals surface area contributed by atoms with Crippen molar-refractivity contribution < 1.29 is 9.57 Å². The summed E-state index contributed by atoms with van der Waals surface area (Å²) in [7, 11) is 0. The van der Waals surface area contributed by atoms with Crippen LogP contribution >= 0.6 is 0 Å². The van der Waals surface area contributed by atoms with Crippen molar-refractivity contribution in [3.8, 4) is 5.88 Å². The van der Waals surface area contributed by atoms with E-state index >= 15 is 0 Å². The highest BCUT2D eigenvalue weighted by atomic mass is 16.7. The van der Waals surface area contributed by atoms with Crippen LogP contribution < -0.4 is 9.57 Å². The number of nitrogens with zero attached hydrogens (tertiary/aromatic N) is 2. The van der Waals surface area contributed by atoms with Crippen molar-refractivity contribution in [2.45, 2.75) is 64.2 Å². The zero-order valence-electron chi connectivity index (χ0n) is 15.2. The van der Waals surface area contributed by atoms with Gasteiger partial charge in [0.25, 0.3) is 0 Å². The van der Waals surface area contributed by atoms with E-state index in [1.165, 1.54) is 64.2 Å². The minimum Gasteiger partial charge on any atom is -0.476 e. The van der Waals surface area contributed by atoms with Gasteiger partial charge in [0.1, 0.15) is 12.1 Å². The van der Waals surface area contributed by atoms with Crippen molar-refractivity contribution in [1.29, 1.82) is 0 Å². The smallest absolute Gasteiger partial charge is 0.244 e. The SMILES string of the molecule is c1ccc2c(c1)c(OCC1CCCCC1)nn2OCC1CCCCC1. The Hall–Kier alpha value is -1.71. The first-order valence-electron chi connectivity index (χ1n) is 10.1. The molecule has 0 saturated heterocycles. The fourth-order valence-corrected chi connectivity index (χ4v) is 4.30. The first-order chi connectivity index (χ1) is 12.4. The largest absolute Gasteiger partial charge is 0.476 e. The second kappa shape index (κ2) is 8.11. The quantitative estimate of drug-likeness (QED) is 0.741. The standard InChI is InChI=1S/C21H30N2O2/c1-3-9-17(10-4-1)15-24-21-19-13-7-8-14-20(19)23(22-21)25-16-18-11-5-2-6-12-18/h7-8,13-14,17-18H,1-6,9-12,15-16H2. The Morgan fingerprint density at radius 2 is 1.48 bits per heavy atom. The highest BCUT2D eigenvalue weighted by molar-refractivity contribution is 5.84. The number of hydrogen-bond acceptors (Lipinski definition) is 3. The van der Waals surface area contributed by atoms with E-state index < -0.39 is 0 Å². The first-order valence-corrected chi connectivity index (χ1v) is 10.1. The zero-order valence-corrected chi connectivity index (χ0v) is 15.2. The lowest BCUT2D eigenvalue weighted by molar-refractivity contribution is 0.0508. The van der Waals surface area contributed by atoms with E-state index in [1.54, 1.807) is 4.85 Å². The Morgan fingerprint density at radius 1 is 0.840 bits per heavy atom. The normalized spacial score (nSPS) is 20.0. The summed E-state index contributed by atoms with van der Waals surface area (Å²) in [6.07, 6.45) is 13.3. The topological polar surface area (TPSA) is 36.3 Å². The van der Waals surface area contributed by atoms with Gasteiger partial charge in [-0.2, -0.15) is 0 Å². The van der Waals surface area contributed by atoms with E-state index in [4.69, 9.17) is 9.57 Å². The number of benzene rings is 1. The van der Waals surface area contributed by atoms with Gasteiger partial charge in [-0.05, 0) is 49.7 Å². The van der Waals surface area contributed by atoms with Crippen molar-refractivity contribution in [1.82, 2.24) is 9.94 Å². The number of fused-ring (bicyclic) bond motifs is 1. The molecule has 136 valence electrons. The Morgan fingerprint density at radius 3 is 2.20 bits per heavy atom. The van der Waals surface area contributed by atoms with Crippen molar-refractivity contribution in [2.75, 3.05) is 13.2 Å². The highest BCUT2D eigenvalue weighted by Gasteiger charge is 2.19. The summed E-state index contributed by atoms with van der Waals surface area (Å²) in [5.41, 5.74) is 1.01. The van der Waals surface area contributed by atoms with Crippen LogP contribution in [0.15, 0.2) is 24.3 Å². The predicted octanol–water partition coefficient (Wildman–Crippen LogP) is 5.00. The lowest BCUT2D eigenvalue weighted by Gasteiger charge is -2.21. The maximum Gasteiger partial charge on any atom is 0.244 e. The van der Waals surface area contributed by atoms with Gasteiger partial charge in [0.15, 0.2) is 0 Å². The lowest BCUT2D eigenvalue weighted by atomic mass is 9.90. The summed E-state index contributed by atoms with van der Waals surface area (Å²) in [4.78, 5) is 7.75. The molecule has 2 aliphatic rings. The van der Waals surface area contributed by atoms with Crippen LogP contribution in [-0.2, 0) is 0 Å². The molecule has 2 fully saturated rings. The van der Waals surface area contributed by atoms with Gasteiger partial charge in [-0.25, -0.2) is 0 Å². The molecule has 4 rings (SSSR count). The van der Waals surface area contributed by atoms with Crippen LogP contribution in [0.2, 0.25) is 0 Å². The van der Waals surface area contributed by atoms with Crippen molar-refractivity contribution in [3.63, 3.8) is 0 Å². The van der Waals surface area contributed by atoms with Crippen LogP contribution in [0.5, 0.6) is 5.88 Å². The van der Waals surface area contributed by atoms with E-state index in [0.29, 0.717) is 11.8 Å². The molecule has 25 heavy (non-hydrogen) atoms. The molecule has 1 aromatic carbocycles. The Kier molecular flexibility index (Phi) is 5.43. The predicted molar refractivity (Wildman–Crippen MR) is 99.8 cm³/mol. The molecule has 0 spiro atoms. The van der Waals surface area contributed by atoms with Crippen molar-refractivity contribution in [3.05, 3.63) is 24.3 Å². The summed E-state index contributed by atoms with van der Waals surface area (Å²) in [6.45, 7) is 1.54. The molecule has 0 radical (unpaired) electrons. The summed E-state index contributed by atoms with van der Waals surface area (Å²) in [6, 6.07) is 8.23. The molecule has 4 nitrogen and oxygen atoms in total. The molecule has 0 bridgehead atoms. The number of rotatable bonds is 6. The first kappa shape index (κ1) is 16.7. The minimum absolute atomic E-state index is 0.670. The van der Waals surface area contributed by atoms with Crippen LogP contribution in [0.3, 0.4) is 0 Å². The molecule has 0 aliphatic heterocycles. The monoisotopic (exact) mass is 342 g/mol. The Bertz CT molecular complexity index is 614. The highest BCUT2D eigenvalue weighted by Crippen LogP contribution is 2.28. The molecule has 2 aromatic rings. The number of hydrogen-bond donors (Lipinski definition) is 0. The third kappa shape index (κ3) is 4.10. The molecule has 4 heteroatoms. The summed E-state index contributed by atoms with van der Waals surface area (Å²) in [5, 5.41) is 5.69. The van der Waals surface area contributed by atoms with E-state index in [2.05, 4.69) is 17.2 Å². The van der Waals surface area contributed by atoms with E-state index in [0.717, 1.165) is 30.0 Å². The maximum absolute atomic E-state index is 6.12. The van der Waals surface area contributed by atoms with Gasteiger partial charge in [-0.1, -0.05) is 60.6 Å². The molecular formula is C21H30N2O2. The van der Waals surface area contributed by atoms with E-state index in [1.807, 2.05) is 12.1 Å². The van der Waals surface area contributed by atoms with Gasteiger partial charge >= 0.3 is 0 Å². The van der Waals surface area contributed by atoms with Crippen LogP contribution in [0, 0.1) is 11.8 Å². The maximum atomic E-state index is 6.12. The van der Waals surface area contributed by atoms with Crippen molar-refractivity contribution >= 4 is 10.9 Å². The van der Waals surface area contributed by atoms with Crippen molar-refractivity contribution in [2.24, 2.45) is 11.8 Å². The number of ether oxygens (including phenoxy) is 1. The lowest BCUT2D eigenvalue weighted by Crippen LogP contribution is -2.22. The van der Waals surface area contributed by atoms with Gasteiger partial charge in [0, 0.05) is 0 Å². The fraction of sp³-hybridized carbons (Fsp3) is 0.667. The minimum atomic E-state index is 0.670. The van der Waals surface area contributed by atoms with Crippen LogP contribution in [0.25, 0.3) is 10.9 Å². The second-order valence-corrected chi connectivity index (χ2v) is 7.81. The van der Waals surface area contributed by atoms with Crippen LogP contribution in [-0.4, -0.2) is 23.2 Å². The van der Waals surface area contributed by atoms with Gasteiger partial charge < -0.3 is 9.57 Å². The molecule has 0 unspecified atom stereocenters. The third-order valence-corrected chi connectivity index (χ3v) is 5.86.